The highest BCUT2D eigenvalue weighted by atomic mass is 19.2. The molecule has 2 heterocycles. The highest BCUT2D eigenvalue weighted by Crippen LogP contribution is 2.28. The summed E-state index contributed by atoms with van der Waals surface area (Å²) in [6.45, 7) is 1.35. The number of benzene rings is 1. The van der Waals surface area contributed by atoms with Gasteiger partial charge in [-0.2, -0.15) is 0 Å². The molecule has 3 nitrogen and oxygen atoms in total. The van der Waals surface area contributed by atoms with E-state index in [-0.39, 0.29) is 23.6 Å². The Morgan fingerprint density at radius 1 is 1.08 bits per heavy atom. The topological polar surface area (TPSA) is 25.2 Å². The fourth-order valence-electron chi connectivity index (χ4n) is 3.18. The Labute approximate surface area is 138 Å². The van der Waals surface area contributed by atoms with E-state index in [1.54, 1.807) is 19.3 Å². The molecule has 128 valence electrons. The van der Waals surface area contributed by atoms with E-state index in [1.165, 1.54) is 4.57 Å². The molecule has 0 spiro atoms. The average molecular weight is 336 g/mol. The summed E-state index contributed by atoms with van der Waals surface area (Å²) in [6, 6.07) is 5.34. The highest BCUT2D eigenvalue weighted by molar-refractivity contribution is 5.22. The zero-order chi connectivity index (χ0) is 17.3. The average Bonchev–Trinajstić information content (AvgIpc) is 2.58. The zero-order valence-electron chi connectivity index (χ0n) is 13.4. The molecule has 3 rings (SSSR count). The van der Waals surface area contributed by atoms with Gasteiger partial charge < -0.3 is 4.57 Å². The van der Waals surface area contributed by atoms with E-state index in [0.717, 1.165) is 30.5 Å². The first kappa shape index (κ1) is 16.8. The molecule has 1 aromatic heterocycles. The lowest BCUT2D eigenvalue weighted by Crippen LogP contribution is -2.33. The number of piperidine rings is 1. The molecule has 1 aliphatic rings. The quantitative estimate of drug-likeness (QED) is 0.805. The molecule has 0 radical (unpaired) electrons. The largest absolute Gasteiger partial charge is 0.319 e. The van der Waals surface area contributed by atoms with Crippen molar-refractivity contribution in [3.63, 3.8) is 0 Å². The lowest BCUT2D eigenvalue weighted by atomic mass is 9.90. The third-order valence-electron chi connectivity index (χ3n) is 4.71. The van der Waals surface area contributed by atoms with Crippen LogP contribution in [0.4, 0.5) is 13.2 Å². The molecule has 24 heavy (non-hydrogen) atoms. The number of hydrogen-bond donors (Lipinski definition) is 0. The van der Waals surface area contributed by atoms with E-state index in [1.807, 2.05) is 11.0 Å². The number of hydrogen-bond acceptors (Lipinski definition) is 2. The van der Waals surface area contributed by atoms with Crippen LogP contribution in [0.1, 0.15) is 29.9 Å². The minimum absolute atomic E-state index is 0.0427. The summed E-state index contributed by atoms with van der Waals surface area (Å²) in [7, 11) is 1.71. The Bertz CT molecular complexity index is 795. The molecule has 0 atom stereocenters. The molecule has 0 bridgehead atoms. The van der Waals surface area contributed by atoms with E-state index >= 15 is 0 Å². The maximum atomic E-state index is 13.8. The first-order valence-electron chi connectivity index (χ1n) is 7.97. The number of nitrogens with zero attached hydrogens (tertiary/aromatic N) is 2. The van der Waals surface area contributed by atoms with Gasteiger partial charge in [-0.25, -0.2) is 13.2 Å². The van der Waals surface area contributed by atoms with Crippen LogP contribution in [0.25, 0.3) is 0 Å². The molecule has 1 aromatic carbocycles. The molecule has 0 unspecified atom stereocenters. The molecule has 0 amide bonds. The Kier molecular flexibility index (Phi) is 4.76. The first-order chi connectivity index (χ1) is 11.5. The van der Waals surface area contributed by atoms with Crippen LogP contribution in [0, 0.1) is 17.5 Å². The van der Waals surface area contributed by atoms with Gasteiger partial charge in [0.15, 0.2) is 11.6 Å². The summed E-state index contributed by atoms with van der Waals surface area (Å²) >= 11 is 0. The third kappa shape index (κ3) is 3.38. The van der Waals surface area contributed by atoms with Gasteiger partial charge in [0.2, 0.25) is 0 Å². The summed E-state index contributed by atoms with van der Waals surface area (Å²) in [5.74, 6) is -2.59. The van der Waals surface area contributed by atoms with E-state index in [2.05, 4.69) is 0 Å². The maximum Gasteiger partial charge on any atom is 0.250 e. The smallest absolute Gasteiger partial charge is 0.250 e. The Morgan fingerprint density at radius 2 is 1.75 bits per heavy atom. The lowest BCUT2D eigenvalue weighted by molar-refractivity contribution is 0.199. The predicted molar refractivity (Wildman–Crippen MR) is 85.3 cm³/mol. The third-order valence-corrected chi connectivity index (χ3v) is 4.71. The van der Waals surface area contributed by atoms with E-state index < -0.39 is 17.5 Å². The van der Waals surface area contributed by atoms with Gasteiger partial charge in [-0.3, -0.25) is 9.69 Å². The van der Waals surface area contributed by atoms with Gasteiger partial charge in [-0.15, -0.1) is 0 Å². The van der Waals surface area contributed by atoms with Crippen LogP contribution >= 0.6 is 0 Å². The molecule has 1 fully saturated rings. The van der Waals surface area contributed by atoms with Crippen LogP contribution < -0.4 is 5.56 Å². The van der Waals surface area contributed by atoms with Crippen LogP contribution in [0.5, 0.6) is 0 Å². The van der Waals surface area contributed by atoms with Gasteiger partial charge in [0.25, 0.3) is 5.56 Å². The van der Waals surface area contributed by atoms with Crippen LogP contribution in [-0.4, -0.2) is 22.6 Å². The number of aromatic nitrogens is 1. The normalized spacial score (nSPS) is 16.5. The van der Waals surface area contributed by atoms with Crippen molar-refractivity contribution in [2.45, 2.75) is 25.3 Å². The zero-order valence-corrected chi connectivity index (χ0v) is 13.4. The van der Waals surface area contributed by atoms with Crippen molar-refractivity contribution in [1.29, 1.82) is 0 Å². The summed E-state index contributed by atoms with van der Waals surface area (Å²) < 4.78 is 42.3. The fourth-order valence-corrected chi connectivity index (χ4v) is 3.18. The summed E-state index contributed by atoms with van der Waals surface area (Å²) in [5.41, 5.74) is 0.738. The monoisotopic (exact) mass is 336 g/mol. The van der Waals surface area contributed by atoms with E-state index in [0.29, 0.717) is 13.1 Å². The Balaban J connectivity index is 1.66. The second kappa shape index (κ2) is 6.81. The van der Waals surface area contributed by atoms with Gasteiger partial charge in [-0.05, 0) is 55.6 Å². The number of aryl methyl sites for hydroxylation is 1. The lowest BCUT2D eigenvalue weighted by Gasteiger charge is -2.32. The number of likely N-dealkylation sites (tertiary alicyclic amines) is 1. The Morgan fingerprint density at radius 3 is 2.42 bits per heavy atom. The van der Waals surface area contributed by atoms with Crippen LogP contribution in [0.15, 0.2) is 35.3 Å². The van der Waals surface area contributed by atoms with Crippen molar-refractivity contribution in [3.8, 4) is 0 Å². The molecule has 1 saturated heterocycles. The van der Waals surface area contributed by atoms with Crippen LogP contribution in [0.2, 0.25) is 0 Å². The summed E-state index contributed by atoms with van der Waals surface area (Å²) in [4.78, 5) is 13.6. The van der Waals surface area contributed by atoms with Gasteiger partial charge in [-0.1, -0.05) is 0 Å². The van der Waals surface area contributed by atoms with Crippen LogP contribution in [-0.2, 0) is 13.6 Å². The summed E-state index contributed by atoms with van der Waals surface area (Å²) in [5, 5.41) is 0. The van der Waals surface area contributed by atoms with Gasteiger partial charge in [0.1, 0.15) is 5.82 Å². The minimum Gasteiger partial charge on any atom is -0.319 e. The van der Waals surface area contributed by atoms with E-state index in [4.69, 9.17) is 0 Å². The van der Waals surface area contributed by atoms with Gasteiger partial charge >= 0.3 is 0 Å². The fraction of sp³-hybridized carbons (Fsp3) is 0.389. The maximum absolute atomic E-state index is 13.8. The van der Waals surface area contributed by atoms with Crippen molar-refractivity contribution in [2.24, 2.45) is 7.05 Å². The molecular formula is C18H19F3N2O. The minimum atomic E-state index is -1.11. The molecule has 1 aliphatic heterocycles. The molecule has 0 saturated carbocycles. The molecule has 0 N–H and O–H groups in total. The van der Waals surface area contributed by atoms with Crippen LogP contribution in [0.3, 0.4) is 0 Å². The molecular weight excluding hydrogens is 317 g/mol. The SMILES string of the molecule is Cn1ccc(C2CCN(Cc3c(F)ccc(F)c3F)CC2)cc1=O. The highest BCUT2D eigenvalue weighted by Gasteiger charge is 2.23. The summed E-state index contributed by atoms with van der Waals surface area (Å²) in [6.07, 6.45) is 3.35. The molecule has 2 aromatic rings. The van der Waals surface area contributed by atoms with Crippen molar-refractivity contribution in [1.82, 2.24) is 9.47 Å². The number of pyridine rings is 1. The van der Waals surface area contributed by atoms with Crippen molar-refractivity contribution >= 4 is 0 Å². The standard InChI is InChI=1S/C18H19F3N2O/c1-22-7-4-13(10-17(22)24)12-5-8-23(9-6-12)11-14-15(19)2-3-16(20)18(14)21/h2-4,7,10,12H,5-6,8-9,11H2,1H3. The molecule has 0 aliphatic carbocycles. The number of rotatable bonds is 3. The second-order valence-electron chi connectivity index (χ2n) is 6.28. The molecule has 6 heteroatoms. The van der Waals surface area contributed by atoms with Crippen molar-refractivity contribution in [3.05, 3.63) is 69.4 Å². The Hall–Kier alpha value is -2.08. The van der Waals surface area contributed by atoms with Crippen molar-refractivity contribution < 1.29 is 13.2 Å². The van der Waals surface area contributed by atoms with Gasteiger partial charge in [0, 0.05) is 31.4 Å². The van der Waals surface area contributed by atoms with Gasteiger partial charge in [0.05, 0.1) is 0 Å². The first-order valence-corrected chi connectivity index (χ1v) is 7.97. The predicted octanol–water partition coefficient (Wildman–Crippen LogP) is 3.18. The van der Waals surface area contributed by atoms with Crippen molar-refractivity contribution in [2.75, 3.05) is 13.1 Å². The second-order valence-corrected chi connectivity index (χ2v) is 6.28. The van der Waals surface area contributed by atoms with E-state index in [9.17, 15) is 18.0 Å². The number of halogens is 3.